The molecule has 0 spiro atoms. The molecule has 2 aliphatic rings. The number of likely N-dealkylation sites (tertiary alicyclic amines) is 1. The van der Waals surface area contributed by atoms with E-state index in [1.165, 1.54) is 6.42 Å². The van der Waals surface area contributed by atoms with E-state index in [1.807, 2.05) is 0 Å². The molecule has 0 saturated carbocycles. The van der Waals surface area contributed by atoms with Gasteiger partial charge in [-0.2, -0.15) is 0 Å². The molecule has 2 rings (SSSR count). The highest BCUT2D eigenvalue weighted by atomic mass is 16.5. The second-order valence-electron chi connectivity index (χ2n) is 6.52. The summed E-state index contributed by atoms with van der Waals surface area (Å²) in [6.07, 6.45) is 4.62. The normalized spacial score (nSPS) is 42.3. The number of ether oxygens (including phenoxy) is 1. The third kappa shape index (κ3) is 3.05. The molecule has 0 bridgehead atoms. The van der Waals surface area contributed by atoms with E-state index in [0.717, 1.165) is 45.5 Å². The molecule has 0 amide bonds. The molecule has 0 aromatic heterocycles. The van der Waals surface area contributed by atoms with E-state index in [9.17, 15) is 0 Å². The van der Waals surface area contributed by atoms with Gasteiger partial charge in [-0.15, -0.1) is 0 Å². The van der Waals surface area contributed by atoms with Gasteiger partial charge < -0.3 is 20.7 Å². The summed E-state index contributed by atoms with van der Waals surface area (Å²) in [5.41, 5.74) is 6.19. The van der Waals surface area contributed by atoms with Crippen LogP contribution in [0.15, 0.2) is 0 Å². The Morgan fingerprint density at radius 1 is 1.44 bits per heavy atom. The van der Waals surface area contributed by atoms with Crippen molar-refractivity contribution < 1.29 is 4.74 Å². The van der Waals surface area contributed by atoms with E-state index in [4.69, 9.17) is 10.5 Å². The number of hydrogen-bond acceptors (Lipinski definition) is 4. The van der Waals surface area contributed by atoms with Crippen LogP contribution in [-0.2, 0) is 4.74 Å². The molecule has 2 aliphatic heterocycles. The van der Waals surface area contributed by atoms with E-state index >= 15 is 0 Å². The highest BCUT2D eigenvalue weighted by Gasteiger charge is 2.38. The zero-order valence-electron chi connectivity index (χ0n) is 12.2. The van der Waals surface area contributed by atoms with E-state index in [1.54, 1.807) is 0 Å². The lowest BCUT2D eigenvalue weighted by molar-refractivity contribution is 0.00710. The topological polar surface area (TPSA) is 50.5 Å². The summed E-state index contributed by atoms with van der Waals surface area (Å²) in [5.74, 6) is 0. The fourth-order valence-corrected chi connectivity index (χ4v) is 3.20. The van der Waals surface area contributed by atoms with Crippen molar-refractivity contribution in [1.29, 1.82) is 0 Å². The first-order chi connectivity index (χ1) is 8.49. The Morgan fingerprint density at radius 2 is 2.22 bits per heavy atom. The van der Waals surface area contributed by atoms with Crippen LogP contribution in [0.5, 0.6) is 0 Å². The molecule has 3 N–H and O–H groups in total. The zero-order chi connectivity index (χ0) is 13.2. The molecule has 4 nitrogen and oxygen atoms in total. The monoisotopic (exact) mass is 255 g/mol. The molecule has 0 aromatic rings. The summed E-state index contributed by atoms with van der Waals surface area (Å²) >= 11 is 0. The van der Waals surface area contributed by atoms with Gasteiger partial charge in [-0.05, 0) is 53.1 Å². The maximum absolute atomic E-state index is 6.05. The van der Waals surface area contributed by atoms with E-state index < -0.39 is 0 Å². The van der Waals surface area contributed by atoms with Gasteiger partial charge in [0, 0.05) is 31.3 Å². The standard InChI is InChI=1S/C14H29N3O/c1-12-9-14(10-15,6-7-17(12)3)16-11-13(2)5-4-8-18-13/h12,16H,4-11,15H2,1-3H3. The average molecular weight is 255 g/mol. The minimum atomic E-state index is 0.0226. The largest absolute Gasteiger partial charge is 0.374 e. The summed E-state index contributed by atoms with van der Waals surface area (Å²) < 4.78 is 5.86. The Hall–Kier alpha value is -0.160. The minimum absolute atomic E-state index is 0.0226. The smallest absolute Gasteiger partial charge is 0.0779 e. The fourth-order valence-electron chi connectivity index (χ4n) is 3.20. The predicted octanol–water partition coefficient (Wildman–Crippen LogP) is 0.957. The van der Waals surface area contributed by atoms with Crippen molar-refractivity contribution in [2.24, 2.45) is 5.73 Å². The van der Waals surface area contributed by atoms with E-state index in [2.05, 4.69) is 31.1 Å². The van der Waals surface area contributed by atoms with Gasteiger partial charge in [0.2, 0.25) is 0 Å². The molecular formula is C14H29N3O. The third-order valence-corrected chi connectivity index (χ3v) is 4.91. The molecule has 18 heavy (non-hydrogen) atoms. The Morgan fingerprint density at radius 3 is 2.78 bits per heavy atom. The third-order valence-electron chi connectivity index (χ3n) is 4.91. The second kappa shape index (κ2) is 5.45. The number of nitrogens with one attached hydrogen (secondary N) is 1. The first-order valence-corrected chi connectivity index (χ1v) is 7.28. The van der Waals surface area contributed by atoms with Gasteiger partial charge in [0.1, 0.15) is 0 Å². The van der Waals surface area contributed by atoms with Crippen LogP contribution in [0, 0.1) is 0 Å². The summed E-state index contributed by atoms with van der Waals surface area (Å²) in [5, 5.41) is 3.74. The van der Waals surface area contributed by atoms with E-state index in [-0.39, 0.29) is 11.1 Å². The quantitative estimate of drug-likeness (QED) is 0.785. The Labute approximate surface area is 111 Å². The predicted molar refractivity (Wildman–Crippen MR) is 74.7 cm³/mol. The summed E-state index contributed by atoms with van der Waals surface area (Å²) in [4.78, 5) is 2.42. The van der Waals surface area contributed by atoms with Crippen LogP contribution in [0.2, 0.25) is 0 Å². The van der Waals surface area contributed by atoms with Gasteiger partial charge in [0.15, 0.2) is 0 Å². The van der Waals surface area contributed by atoms with Crippen molar-refractivity contribution in [3.8, 4) is 0 Å². The molecule has 2 saturated heterocycles. The van der Waals surface area contributed by atoms with Crippen LogP contribution in [0.25, 0.3) is 0 Å². The van der Waals surface area contributed by atoms with Crippen LogP contribution in [0.3, 0.4) is 0 Å². The minimum Gasteiger partial charge on any atom is -0.374 e. The first-order valence-electron chi connectivity index (χ1n) is 7.28. The fraction of sp³-hybridized carbons (Fsp3) is 1.00. The zero-order valence-corrected chi connectivity index (χ0v) is 12.2. The number of hydrogen-bond donors (Lipinski definition) is 2. The van der Waals surface area contributed by atoms with Crippen molar-refractivity contribution in [2.45, 2.75) is 56.7 Å². The number of rotatable bonds is 4. The second-order valence-corrected chi connectivity index (χ2v) is 6.52. The van der Waals surface area contributed by atoms with Gasteiger partial charge in [0.05, 0.1) is 5.60 Å². The molecule has 4 heteroatoms. The van der Waals surface area contributed by atoms with Crippen LogP contribution in [0.4, 0.5) is 0 Å². The molecule has 106 valence electrons. The maximum Gasteiger partial charge on any atom is 0.0779 e. The van der Waals surface area contributed by atoms with Crippen molar-refractivity contribution in [3.05, 3.63) is 0 Å². The lowest BCUT2D eigenvalue weighted by atomic mass is 9.83. The lowest BCUT2D eigenvalue weighted by Gasteiger charge is -2.45. The van der Waals surface area contributed by atoms with Crippen LogP contribution in [-0.4, -0.2) is 55.4 Å². The first kappa shape index (κ1) is 14.3. The molecule has 0 radical (unpaired) electrons. The Balaban J connectivity index is 1.92. The maximum atomic E-state index is 6.05. The van der Waals surface area contributed by atoms with Gasteiger partial charge in [-0.1, -0.05) is 0 Å². The Bertz CT molecular complexity index is 278. The highest BCUT2D eigenvalue weighted by molar-refractivity contribution is 4.98. The van der Waals surface area contributed by atoms with Crippen molar-refractivity contribution in [3.63, 3.8) is 0 Å². The summed E-state index contributed by atoms with van der Waals surface area (Å²) in [6.45, 7) is 8.20. The molecule has 2 heterocycles. The van der Waals surface area contributed by atoms with Crippen LogP contribution >= 0.6 is 0 Å². The van der Waals surface area contributed by atoms with Crippen molar-refractivity contribution in [2.75, 3.05) is 33.3 Å². The number of piperidine rings is 1. The molecule has 3 atom stereocenters. The summed E-state index contributed by atoms with van der Waals surface area (Å²) in [7, 11) is 2.20. The van der Waals surface area contributed by atoms with E-state index in [0.29, 0.717) is 6.04 Å². The van der Waals surface area contributed by atoms with Crippen LogP contribution in [0.1, 0.15) is 39.5 Å². The lowest BCUT2D eigenvalue weighted by Crippen LogP contribution is -2.61. The summed E-state index contributed by atoms with van der Waals surface area (Å²) in [6, 6.07) is 0.604. The molecular weight excluding hydrogens is 226 g/mol. The van der Waals surface area contributed by atoms with Crippen LogP contribution < -0.4 is 11.1 Å². The molecule has 0 aliphatic carbocycles. The van der Waals surface area contributed by atoms with Gasteiger partial charge in [0.25, 0.3) is 0 Å². The van der Waals surface area contributed by atoms with Crippen molar-refractivity contribution >= 4 is 0 Å². The average Bonchev–Trinajstić information content (AvgIpc) is 2.79. The molecule has 2 fully saturated rings. The highest BCUT2D eigenvalue weighted by Crippen LogP contribution is 2.28. The van der Waals surface area contributed by atoms with Gasteiger partial charge >= 0.3 is 0 Å². The molecule has 0 aromatic carbocycles. The van der Waals surface area contributed by atoms with Gasteiger partial charge in [-0.25, -0.2) is 0 Å². The Kier molecular flexibility index (Phi) is 4.32. The molecule has 3 unspecified atom stereocenters. The van der Waals surface area contributed by atoms with Gasteiger partial charge in [-0.3, -0.25) is 0 Å². The van der Waals surface area contributed by atoms with Crippen molar-refractivity contribution in [1.82, 2.24) is 10.2 Å². The number of nitrogens with zero attached hydrogens (tertiary/aromatic N) is 1. The SMILES string of the molecule is CC1CC(CN)(NCC2(C)CCCO2)CCN1C. The number of nitrogens with two attached hydrogens (primary N) is 1.